The summed E-state index contributed by atoms with van der Waals surface area (Å²) in [4.78, 5) is 0.810. The van der Waals surface area contributed by atoms with Gasteiger partial charge >= 0.3 is 0 Å². The highest BCUT2D eigenvalue weighted by molar-refractivity contribution is 8.00. The molecule has 150 valence electrons. The van der Waals surface area contributed by atoms with Crippen molar-refractivity contribution in [1.82, 2.24) is 0 Å². The van der Waals surface area contributed by atoms with Gasteiger partial charge in [0.15, 0.2) is 5.69 Å². The standard InChI is InChI=1S/C24H31NO2S/c1-17(2)10-9-11-19(4)22-16-28(26,20-12-7-6-8-13-20)25-24-21(22)14-18(3)15-23(24)27-5/h6-8,10,12-15,19,22H,9,11,16H2,1-5H3/t19-,22+,28?/m0/s1. The number of nitrogens with zero attached hydrogens (tertiary/aromatic N) is 1. The lowest BCUT2D eigenvalue weighted by molar-refractivity contribution is 0.410. The Hall–Kier alpha value is -1.91. The summed E-state index contributed by atoms with van der Waals surface area (Å²) < 4.78 is 24.4. The zero-order valence-corrected chi connectivity index (χ0v) is 18.4. The molecule has 0 fully saturated rings. The molecule has 2 aromatic rings. The third-order valence-electron chi connectivity index (χ3n) is 5.49. The largest absolute Gasteiger partial charge is 0.626 e. The van der Waals surface area contributed by atoms with E-state index in [9.17, 15) is 4.55 Å². The fraction of sp³-hybridized carbons (Fsp3) is 0.417. The molecule has 0 bridgehead atoms. The van der Waals surface area contributed by atoms with Crippen LogP contribution in [0.5, 0.6) is 5.75 Å². The third-order valence-corrected chi connectivity index (χ3v) is 7.78. The summed E-state index contributed by atoms with van der Waals surface area (Å²) in [6.07, 6.45) is 4.40. The first-order chi connectivity index (χ1) is 13.3. The summed E-state index contributed by atoms with van der Waals surface area (Å²) in [5.41, 5.74) is 4.45. The summed E-state index contributed by atoms with van der Waals surface area (Å²) in [5, 5.41) is 0. The minimum atomic E-state index is -2.53. The SMILES string of the molecule is COc1cc(C)cc2c1N=[S+]([O-])(c1ccccc1)C[C@@H]2[C@@H](C)CCC=C(C)C. The van der Waals surface area contributed by atoms with E-state index in [4.69, 9.17) is 9.10 Å². The zero-order valence-electron chi connectivity index (χ0n) is 17.6. The predicted molar refractivity (Wildman–Crippen MR) is 118 cm³/mol. The highest BCUT2D eigenvalue weighted by atomic mass is 32.3. The van der Waals surface area contributed by atoms with E-state index in [1.54, 1.807) is 7.11 Å². The van der Waals surface area contributed by atoms with Gasteiger partial charge in [-0.3, -0.25) is 0 Å². The number of hydrogen-bond donors (Lipinski definition) is 0. The van der Waals surface area contributed by atoms with Gasteiger partial charge in [0.2, 0.25) is 0 Å². The number of aryl methyl sites for hydroxylation is 1. The minimum Gasteiger partial charge on any atom is -0.626 e. The van der Waals surface area contributed by atoms with Crippen LogP contribution in [0.4, 0.5) is 5.69 Å². The van der Waals surface area contributed by atoms with Crippen LogP contribution in [0.25, 0.3) is 0 Å². The molecule has 4 heteroatoms. The van der Waals surface area contributed by atoms with E-state index < -0.39 is 10.1 Å². The lowest BCUT2D eigenvalue weighted by atomic mass is 9.84. The number of benzene rings is 2. The smallest absolute Gasteiger partial charge is 0.155 e. The lowest BCUT2D eigenvalue weighted by Crippen LogP contribution is -2.28. The monoisotopic (exact) mass is 397 g/mol. The van der Waals surface area contributed by atoms with E-state index in [2.05, 4.69) is 39.8 Å². The van der Waals surface area contributed by atoms with Crippen LogP contribution >= 0.6 is 0 Å². The Morgan fingerprint density at radius 3 is 2.64 bits per heavy atom. The number of rotatable bonds is 6. The van der Waals surface area contributed by atoms with Gasteiger partial charge in [0.1, 0.15) is 16.4 Å². The molecule has 3 atom stereocenters. The van der Waals surface area contributed by atoms with Crippen molar-refractivity contribution in [3.8, 4) is 5.75 Å². The molecule has 1 aliphatic heterocycles. The topological polar surface area (TPSA) is 44.6 Å². The predicted octanol–water partition coefficient (Wildman–Crippen LogP) is 6.64. The quantitative estimate of drug-likeness (QED) is 0.405. The summed E-state index contributed by atoms with van der Waals surface area (Å²) in [7, 11) is -0.870. The number of allylic oxidation sites excluding steroid dienone is 2. The maximum atomic E-state index is 14.0. The van der Waals surface area contributed by atoms with Gasteiger partial charge in [0, 0.05) is 5.92 Å². The van der Waals surface area contributed by atoms with E-state index in [-0.39, 0.29) is 5.92 Å². The van der Waals surface area contributed by atoms with Gasteiger partial charge in [-0.2, -0.15) is 0 Å². The molecule has 3 rings (SSSR count). The average Bonchev–Trinajstić information content (AvgIpc) is 2.67. The molecule has 0 saturated heterocycles. The Bertz CT molecular complexity index is 914. The first kappa shape index (κ1) is 20.8. The fourth-order valence-electron chi connectivity index (χ4n) is 3.92. The van der Waals surface area contributed by atoms with Gasteiger partial charge in [-0.05, 0) is 79.0 Å². The molecule has 0 amide bonds. The van der Waals surface area contributed by atoms with Crippen molar-refractivity contribution in [1.29, 1.82) is 0 Å². The van der Waals surface area contributed by atoms with E-state index in [1.807, 2.05) is 36.4 Å². The van der Waals surface area contributed by atoms with Crippen LogP contribution in [0.2, 0.25) is 0 Å². The molecule has 1 aliphatic rings. The van der Waals surface area contributed by atoms with Crippen molar-refractivity contribution in [3.63, 3.8) is 0 Å². The molecular formula is C24H31NO2S. The number of hydrogen-bond acceptors (Lipinski definition) is 3. The maximum absolute atomic E-state index is 14.0. The highest BCUT2D eigenvalue weighted by Gasteiger charge is 2.36. The van der Waals surface area contributed by atoms with Crippen LogP contribution in [0.3, 0.4) is 0 Å². The van der Waals surface area contributed by atoms with E-state index in [0.717, 1.165) is 34.7 Å². The van der Waals surface area contributed by atoms with E-state index >= 15 is 0 Å². The lowest BCUT2D eigenvalue weighted by Gasteiger charge is -2.35. The van der Waals surface area contributed by atoms with Gasteiger partial charge < -0.3 is 9.29 Å². The molecule has 0 aromatic heterocycles. The molecule has 0 spiro atoms. The molecule has 0 N–H and O–H groups in total. The molecule has 3 nitrogen and oxygen atoms in total. The van der Waals surface area contributed by atoms with E-state index in [0.29, 0.717) is 11.7 Å². The van der Waals surface area contributed by atoms with Crippen LogP contribution in [0, 0.1) is 12.8 Å². The van der Waals surface area contributed by atoms with Crippen LogP contribution in [-0.2, 0) is 10.1 Å². The van der Waals surface area contributed by atoms with Gasteiger partial charge in [-0.1, -0.05) is 47.2 Å². The second-order valence-corrected chi connectivity index (χ2v) is 10.3. The van der Waals surface area contributed by atoms with Gasteiger partial charge in [-0.25, -0.2) is 0 Å². The second kappa shape index (κ2) is 8.62. The van der Waals surface area contributed by atoms with Crippen molar-refractivity contribution >= 4 is 15.8 Å². The van der Waals surface area contributed by atoms with Crippen LogP contribution in [-0.4, -0.2) is 17.4 Å². The molecular weight excluding hydrogens is 366 g/mol. The fourth-order valence-corrected chi connectivity index (χ4v) is 6.36. The molecule has 0 radical (unpaired) electrons. The first-order valence-electron chi connectivity index (χ1n) is 9.96. The average molecular weight is 398 g/mol. The van der Waals surface area contributed by atoms with Crippen LogP contribution in [0.15, 0.2) is 63.4 Å². The Kier molecular flexibility index (Phi) is 6.41. The Morgan fingerprint density at radius 2 is 2.00 bits per heavy atom. The van der Waals surface area contributed by atoms with Crippen LogP contribution < -0.4 is 4.74 Å². The van der Waals surface area contributed by atoms with Gasteiger partial charge in [0.05, 0.1) is 7.11 Å². The number of fused-ring (bicyclic) bond motifs is 1. The molecule has 1 heterocycles. The van der Waals surface area contributed by atoms with Crippen LogP contribution in [0.1, 0.15) is 50.7 Å². The summed E-state index contributed by atoms with van der Waals surface area (Å²) in [6, 6.07) is 13.9. The molecule has 0 aliphatic carbocycles. The Morgan fingerprint density at radius 1 is 1.29 bits per heavy atom. The molecule has 1 unspecified atom stereocenters. The minimum absolute atomic E-state index is 0.194. The van der Waals surface area contributed by atoms with Gasteiger partial charge in [0.25, 0.3) is 0 Å². The van der Waals surface area contributed by atoms with Crippen molar-refractivity contribution in [2.75, 3.05) is 12.9 Å². The molecule has 28 heavy (non-hydrogen) atoms. The number of ether oxygens (including phenoxy) is 1. The van der Waals surface area contributed by atoms with Crippen molar-refractivity contribution < 1.29 is 9.29 Å². The van der Waals surface area contributed by atoms with Gasteiger partial charge in [-0.15, -0.1) is 0 Å². The van der Waals surface area contributed by atoms with Crippen molar-refractivity contribution in [2.45, 2.75) is 51.3 Å². The third kappa shape index (κ3) is 4.39. The first-order valence-corrected chi connectivity index (χ1v) is 11.6. The maximum Gasteiger partial charge on any atom is 0.155 e. The summed E-state index contributed by atoms with van der Waals surface area (Å²) >= 11 is 0. The molecule has 2 aromatic carbocycles. The normalized spacial score (nSPS) is 22.0. The second-order valence-electron chi connectivity index (χ2n) is 8.06. The Labute approximate surface area is 170 Å². The van der Waals surface area contributed by atoms with Crippen molar-refractivity contribution in [2.24, 2.45) is 10.3 Å². The Balaban J connectivity index is 2.09. The summed E-state index contributed by atoms with van der Waals surface area (Å²) in [6.45, 7) is 8.63. The summed E-state index contributed by atoms with van der Waals surface area (Å²) in [5.74, 6) is 1.88. The number of methoxy groups -OCH3 is 1. The highest BCUT2D eigenvalue weighted by Crippen LogP contribution is 2.48. The van der Waals surface area contributed by atoms with E-state index in [1.165, 1.54) is 11.1 Å². The van der Waals surface area contributed by atoms with Crippen molar-refractivity contribution in [3.05, 3.63) is 65.2 Å². The molecule has 0 saturated carbocycles. The zero-order chi connectivity index (χ0) is 20.3.